The summed E-state index contributed by atoms with van der Waals surface area (Å²) in [5.41, 5.74) is 3.11. The number of fused-ring (bicyclic) bond motifs is 1. The molecular weight excluding hydrogens is 340 g/mol. The van der Waals surface area contributed by atoms with E-state index in [2.05, 4.69) is 26.0 Å². The topological polar surface area (TPSA) is 90.9 Å². The molecule has 0 fully saturated rings. The number of nitro groups is 1. The Morgan fingerprint density at radius 3 is 2.86 bits per heavy atom. The summed E-state index contributed by atoms with van der Waals surface area (Å²) in [5.74, 6) is -0.672. The van der Waals surface area contributed by atoms with Gasteiger partial charge in [0.05, 0.1) is 0 Å². The summed E-state index contributed by atoms with van der Waals surface area (Å²) >= 11 is 3.07. The molecular formula is C13H11BrN4O3. The Bertz CT molecular complexity index is 741. The first-order chi connectivity index (χ1) is 10.0. The van der Waals surface area contributed by atoms with E-state index < -0.39 is 10.9 Å². The first kappa shape index (κ1) is 13.9. The van der Waals surface area contributed by atoms with Gasteiger partial charge in [0.25, 0.3) is 4.73 Å². The largest absolute Gasteiger partial charge is 0.492 e. The lowest BCUT2D eigenvalue weighted by Gasteiger charge is -2.03. The number of aryl methyl sites for hydroxylation is 2. The van der Waals surface area contributed by atoms with Crippen LogP contribution in [-0.4, -0.2) is 25.5 Å². The van der Waals surface area contributed by atoms with Crippen LogP contribution in [0.2, 0.25) is 0 Å². The molecule has 1 aliphatic rings. The molecule has 0 radical (unpaired) electrons. The molecule has 21 heavy (non-hydrogen) atoms. The molecule has 0 amide bonds. The molecule has 0 saturated heterocycles. The lowest BCUT2D eigenvalue weighted by atomic mass is 10.0. The Morgan fingerprint density at radius 2 is 2.14 bits per heavy atom. The fraction of sp³-hybridized carbons (Fsp3) is 0.308. The van der Waals surface area contributed by atoms with Gasteiger partial charge in [-0.3, -0.25) is 4.79 Å². The SMILES string of the molecule is O=C(Cn1nc([N+](=O)[O-])nc1Br)c1ccc2c(c1)CCC2. The van der Waals surface area contributed by atoms with E-state index in [1.807, 2.05) is 12.1 Å². The standard InChI is InChI=1S/C13H11BrN4O3/c14-12-15-13(18(20)21)16-17(12)7-11(19)10-5-4-8-2-1-3-9(8)6-10/h4-6H,1-3,7H2. The monoisotopic (exact) mass is 350 g/mol. The predicted octanol–water partition coefficient (Wildman–Crippen LogP) is 2.32. The molecule has 1 heterocycles. The summed E-state index contributed by atoms with van der Waals surface area (Å²) in [5, 5.41) is 14.3. The molecule has 0 aliphatic heterocycles. The van der Waals surface area contributed by atoms with Gasteiger partial charge in [-0.05, 0) is 46.4 Å². The van der Waals surface area contributed by atoms with Crippen LogP contribution >= 0.6 is 15.9 Å². The molecule has 1 aromatic heterocycles. The predicted molar refractivity (Wildman–Crippen MR) is 77.2 cm³/mol. The van der Waals surface area contributed by atoms with Crippen LogP contribution in [0.4, 0.5) is 5.95 Å². The minimum Gasteiger partial charge on any atom is -0.390 e. The van der Waals surface area contributed by atoms with Gasteiger partial charge in [-0.15, -0.1) is 0 Å². The molecule has 0 atom stereocenters. The Hall–Kier alpha value is -2.09. The molecule has 108 valence electrons. The van der Waals surface area contributed by atoms with Gasteiger partial charge >= 0.3 is 5.95 Å². The number of carbonyl (C=O) groups excluding carboxylic acids is 1. The van der Waals surface area contributed by atoms with E-state index in [4.69, 9.17) is 0 Å². The van der Waals surface area contributed by atoms with Gasteiger partial charge in [0, 0.05) is 26.6 Å². The third-order valence-electron chi connectivity index (χ3n) is 3.49. The first-order valence-electron chi connectivity index (χ1n) is 6.44. The van der Waals surface area contributed by atoms with Crippen molar-refractivity contribution in [1.82, 2.24) is 14.8 Å². The zero-order valence-corrected chi connectivity index (χ0v) is 12.5. The van der Waals surface area contributed by atoms with Crippen LogP contribution in [-0.2, 0) is 19.4 Å². The summed E-state index contributed by atoms with van der Waals surface area (Å²) in [6.07, 6.45) is 3.17. The number of halogens is 1. The van der Waals surface area contributed by atoms with Gasteiger partial charge in [-0.25, -0.2) is 0 Å². The number of rotatable bonds is 4. The van der Waals surface area contributed by atoms with Gasteiger partial charge in [-0.1, -0.05) is 12.1 Å². The van der Waals surface area contributed by atoms with Crippen LogP contribution in [0.5, 0.6) is 0 Å². The summed E-state index contributed by atoms with van der Waals surface area (Å²) in [6, 6.07) is 5.68. The molecule has 0 bridgehead atoms. The Morgan fingerprint density at radius 1 is 1.38 bits per heavy atom. The van der Waals surface area contributed by atoms with Crippen molar-refractivity contribution < 1.29 is 9.72 Å². The van der Waals surface area contributed by atoms with Crippen molar-refractivity contribution >= 4 is 27.7 Å². The van der Waals surface area contributed by atoms with Crippen LogP contribution in [0.15, 0.2) is 22.9 Å². The molecule has 1 aromatic carbocycles. The fourth-order valence-corrected chi connectivity index (χ4v) is 2.83. The van der Waals surface area contributed by atoms with Gasteiger partial charge in [0.1, 0.15) is 6.54 Å². The maximum atomic E-state index is 12.3. The third-order valence-corrected chi connectivity index (χ3v) is 4.08. The van der Waals surface area contributed by atoms with Gasteiger partial charge < -0.3 is 10.1 Å². The van der Waals surface area contributed by atoms with E-state index in [0.717, 1.165) is 19.3 Å². The summed E-state index contributed by atoms with van der Waals surface area (Å²) in [7, 11) is 0. The summed E-state index contributed by atoms with van der Waals surface area (Å²) in [4.78, 5) is 25.8. The number of Topliss-reactive ketones (excluding diaryl/α,β-unsaturated/α-hetero) is 1. The Balaban J connectivity index is 1.82. The zero-order chi connectivity index (χ0) is 15.0. The highest BCUT2D eigenvalue weighted by molar-refractivity contribution is 9.10. The van der Waals surface area contributed by atoms with E-state index >= 15 is 0 Å². The van der Waals surface area contributed by atoms with Crippen LogP contribution in [0, 0.1) is 10.1 Å². The third kappa shape index (κ3) is 2.71. The number of benzene rings is 1. The van der Waals surface area contributed by atoms with Crippen LogP contribution in [0.1, 0.15) is 27.9 Å². The Labute approximate surface area is 128 Å². The second-order valence-corrected chi connectivity index (χ2v) is 5.57. The van der Waals surface area contributed by atoms with Crippen molar-refractivity contribution in [3.63, 3.8) is 0 Å². The fourth-order valence-electron chi connectivity index (χ4n) is 2.46. The number of hydrogen-bond donors (Lipinski definition) is 0. The minimum atomic E-state index is -0.693. The molecule has 0 spiro atoms. The summed E-state index contributed by atoms with van der Waals surface area (Å²) < 4.78 is 1.36. The average molecular weight is 351 g/mol. The Kier molecular flexibility index (Phi) is 3.54. The van der Waals surface area contributed by atoms with Crippen LogP contribution < -0.4 is 0 Å². The van der Waals surface area contributed by atoms with E-state index in [1.54, 1.807) is 6.07 Å². The van der Waals surface area contributed by atoms with Gasteiger partial charge in [0.15, 0.2) is 5.78 Å². The maximum Gasteiger partial charge on any atom is 0.492 e. The minimum absolute atomic E-state index is 0.0831. The van der Waals surface area contributed by atoms with Gasteiger partial charge in [-0.2, -0.15) is 4.68 Å². The maximum absolute atomic E-state index is 12.3. The molecule has 0 unspecified atom stereocenters. The molecule has 7 nitrogen and oxygen atoms in total. The van der Waals surface area contributed by atoms with Crippen molar-refractivity contribution in [3.8, 4) is 0 Å². The number of nitrogens with zero attached hydrogens (tertiary/aromatic N) is 4. The first-order valence-corrected chi connectivity index (χ1v) is 7.23. The lowest BCUT2D eigenvalue weighted by Crippen LogP contribution is -2.12. The van der Waals surface area contributed by atoms with E-state index in [1.165, 1.54) is 15.8 Å². The zero-order valence-electron chi connectivity index (χ0n) is 11.0. The number of hydrogen-bond acceptors (Lipinski definition) is 5. The summed E-state index contributed by atoms with van der Waals surface area (Å²) in [6.45, 7) is -0.0831. The highest BCUT2D eigenvalue weighted by Gasteiger charge is 2.22. The van der Waals surface area contributed by atoms with Crippen molar-refractivity contribution in [2.45, 2.75) is 25.8 Å². The van der Waals surface area contributed by atoms with Crippen molar-refractivity contribution in [2.24, 2.45) is 0 Å². The molecule has 0 saturated carbocycles. The molecule has 1 aliphatic carbocycles. The quantitative estimate of drug-likeness (QED) is 0.479. The molecule has 0 N–H and O–H groups in total. The number of ketones is 1. The number of aromatic nitrogens is 3. The van der Waals surface area contributed by atoms with Crippen molar-refractivity contribution in [3.05, 3.63) is 49.7 Å². The highest BCUT2D eigenvalue weighted by atomic mass is 79.9. The van der Waals surface area contributed by atoms with Gasteiger partial charge in [0.2, 0.25) is 0 Å². The highest BCUT2D eigenvalue weighted by Crippen LogP contribution is 2.23. The number of carbonyl (C=O) groups is 1. The second kappa shape index (κ2) is 5.36. The van der Waals surface area contributed by atoms with Crippen molar-refractivity contribution in [1.29, 1.82) is 0 Å². The second-order valence-electron chi connectivity index (χ2n) is 4.86. The van der Waals surface area contributed by atoms with Crippen LogP contribution in [0.3, 0.4) is 0 Å². The van der Waals surface area contributed by atoms with Crippen molar-refractivity contribution in [2.75, 3.05) is 0 Å². The smallest absolute Gasteiger partial charge is 0.390 e. The van der Waals surface area contributed by atoms with E-state index in [9.17, 15) is 14.9 Å². The molecule has 8 heteroatoms. The van der Waals surface area contributed by atoms with Crippen LogP contribution in [0.25, 0.3) is 0 Å². The lowest BCUT2D eigenvalue weighted by molar-refractivity contribution is -0.394. The average Bonchev–Trinajstić information content (AvgIpc) is 3.05. The van der Waals surface area contributed by atoms with E-state index in [0.29, 0.717) is 5.56 Å². The molecule has 2 aromatic rings. The normalized spacial score (nSPS) is 13.2. The van der Waals surface area contributed by atoms with E-state index in [-0.39, 0.29) is 17.1 Å². The molecule has 3 rings (SSSR count).